The summed E-state index contributed by atoms with van der Waals surface area (Å²) in [7, 11) is 0. The highest BCUT2D eigenvalue weighted by atomic mass is 32.2. The van der Waals surface area contributed by atoms with E-state index >= 15 is 0 Å². The van der Waals surface area contributed by atoms with E-state index in [1.54, 1.807) is 6.92 Å². The number of hydrogen-bond donors (Lipinski definition) is 1. The normalized spacial score (nSPS) is 10.6. The zero-order valence-corrected chi connectivity index (χ0v) is 15.2. The second-order valence-electron chi connectivity index (χ2n) is 5.43. The Balaban J connectivity index is 1.92. The number of aromatic nitrogens is 3. The van der Waals surface area contributed by atoms with Crippen LogP contribution in [0.1, 0.15) is 22.8 Å². The molecular weight excluding hydrogens is 368 g/mol. The molecule has 0 unspecified atom stereocenters. The fraction of sp³-hybridized carbons (Fsp3) is 0.167. The number of aromatic amines is 1. The molecule has 0 saturated heterocycles. The van der Waals surface area contributed by atoms with E-state index in [9.17, 15) is 14.9 Å². The smallest absolute Gasteiger partial charge is 0.343 e. The summed E-state index contributed by atoms with van der Waals surface area (Å²) in [5.41, 5.74) is 1.99. The number of rotatable bonds is 7. The molecule has 8 nitrogen and oxygen atoms in total. The van der Waals surface area contributed by atoms with Gasteiger partial charge in [-0.05, 0) is 18.6 Å². The Bertz CT molecular complexity index is 942. The van der Waals surface area contributed by atoms with E-state index in [0.717, 1.165) is 11.8 Å². The van der Waals surface area contributed by atoms with Crippen molar-refractivity contribution in [2.24, 2.45) is 0 Å². The van der Waals surface area contributed by atoms with Gasteiger partial charge >= 0.3 is 5.97 Å². The summed E-state index contributed by atoms with van der Waals surface area (Å²) in [5.74, 6) is 0.113. The number of carbonyl (C=O) groups excluding carboxylic acids is 1. The van der Waals surface area contributed by atoms with Crippen LogP contribution in [0.2, 0.25) is 0 Å². The highest BCUT2D eigenvalue weighted by Crippen LogP contribution is 2.31. The van der Waals surface area contributed by atoms with Gasteiger partial charge in [-0.3, -0.25) is 15.2 Å². The quantitative estimate of drug-likeness (QED) is 0.285. The summed E-state index contributed by atoms with van der Waals surface area (Å²) in [6.07, 6.45) is 1.14. The molecule has 138 valence electrons. The second kappa shape index (κ2) is 8.45. The monoisotopic (exact) mass is 384 g/mol. The minimum absolute atomic E-state index is 0.130. The molecule has 0 aliphatic carbocycles. The maximum atomic E-state index is 12.5. The van der Waals surface area contributed by atoms with Crippen molar-refractivity contribution in [1.82, 2.24) is 15.2 Å². The maximum absolute atomic E-state index is 12.5. The van der Waals surface area contributed by atoms with E-state index < -0.39 is 10.9 Å². The van der Waals surface area contributed by atoms with Crippen LogP contribution in [0.5, 0.6) is 0 Å². The van der Waals surface area contributed by atoms with E-state index in [-0.39, 0.29) is 17.9 Å². The van der Waals surface area contributed by atoms with E-state index in [1.807, 2.05) is 30.3 Å². The largest absolute Gasteiger partial charge is 0.462 e. The van der Waals surface area contributed by atoms with Crippen LogP contribution in [0, 0.1) is 10.1 Å². The third-order valence-corrected chi connectivity index (χ3v) is 4.69. The van der Waals surface area contributed by atoms with Crippen LogP contribution in [-0.2, 0) is 10.5 Å². The lowest BCUT2D eigenvalue weighted by Crippen LogP contribution is -2.07. The van der Waals surface area contributed by atoms with Gasteiger partial charge in [0.2, 0.25) is 0 Å². The number of carbonyl (C=O) groups is 1. The average molecular weight is 384 g/mol. The summed E-state index contributed by atoms with van der Waals surface area (Å²) >= 11 is 1.40. The predicted molar refractivity (Wildman–Crippen MR) is 100 cm³/mol. The number of ether oxygens (including phenoxy) is 1. The number of nitrogens with zero attached hydrogens (tertiary/aromatic N) is 3. The number of hydrogen-bond acceptors (Lipinski definition) is 7. The van der Waals surface area contributed by atoms with Crippen molar-refractivity contribution in [2.75, 3.05) is 6.61 Å². The number of nitro groups is 1. The molecule has 2 aromatic heterocycles. The summed E-state index contributed by atoms with van der Waals surface area (Å²) in [5, 5.41) is 18.3. The average Bonchev–Trinajstić information content (AvgIpc) is 3.11. The minimum Gasteiger partial charge on any atom is -0.462 e. The van der Waals surface area contributed by atoms with E-state index in [2.05, 4.69) is 15.2 Å². The van der Waals surface area contributed by atoms with Gasteiger partial charge in [0.1, 0.15) is 16.8 Å². The van der Waals surface area contributed by atoms with Crippen molar-refractivity contribution in [3.8, 4) is 11.4 Å². The summed E-state index contributed by atoms with van der Waals surface area (Å²) in [6, 6.07) is 12.6. The third kappa shape index (κ3) is 4.32. The first-order valence-corrected chi connectivity index (χ1v) is 9.11. The van der Waals surface area contributed by atoms with Crippen molar-refractivity contribution in [1.29, 1.82) is 0 Å². The van der Waals surface area contributed by atoms with Crippen LogP contribution in [0.3, 0.4) is 0 Å². The summed E-state index contributed by atoms with van der Waals surface area (Å²) < 4.78 is 5.15. The van der Waals surface area contributed by atoms with E-state index in [4.69, 9.17) is 4.74 Å². The Morgan fingerprint density at radius 1 is 1.26 bits per heavy atom. The molecule has 1 N–H and O–H groups in total. The van der Waals surface area contributed by atoms with Crippen LogP contribution >= 0.6 is 11.8 Å². The lowest BCUT2D eigenvalue weighted by Gasteiger charge is -2.05. The molecule has 1 aromatic carbocycles. The first kappa shape index (κ1) is 18.6. The Hall–Kier alpha value is -3.20. The molecule has 0 aliphatic rings. The summed E-state index contributed by atoms with van der Waals surface area (Å²) in [4.78, 5) is 26.8. The third-order valence-electron chi connectivity index (χ3n) is 3.65. The van der Waals surface area contributed by atoms with Crippen LogP contribution in [0.25, 0.3) is 11.4 Å². The highest BCUT2D eigenvalue weighted by molar-refractivity contribution is 7.98. The van der Waals surface area contributed by atoms with Gasteiger partial charge < -0.3 is 4.74 Å². The molecule has 3 rings (SSSR count). The number of benzene rings is 1. The van der Waals surface area contributed by atoms with Gasteiger partial charge in [0.25, 0.3) is 5.69 Å². The number of pyridine rings is 1. The standard InChI is InChI=1S/C18H16N4O4S/c1-2-26-18(23)15-16(14-9-8-13(10-19-14)22(24)25)20-21-17(15)27-11-12-6-4-3-5-7-12/h3-10H,2,11H2,1H3,(H,20,21). The first-order chi connectivity index (χ1) is 13.1. The molecule has 0 saturated carbocycles. The van der Waals surface area contributed by atoms with Crippen LogP contribution in [0.4, 0.5) is 5.69 Å². The molecule has 0 aliphatic heterocycles. The van der Waals surface area contributed by atoms with E-state index in [0.29, 0.717) is 22.2 Å². The zero-order chi connectivity index (χ0) is 19.2. The maximum Gasteiger partial charge on any atom is 0.343 e. The fourth-order valence-corrected chi connectivity index (χ4v) is 3.31. The molecular formula is C18H16N4O4S. The predicted octanol–water partition coefficient (Wildman–Crippen LogP) is 3.85. The van der Waals surface area contributed by atoms with Gasteiger partial charge in [0, 0.05) is 11.8 Å². The number of H-pyrrole nitrogens is 1. The van der Waals surface area contributed by atoms with Crippen molar-refractivity contribution in [2.45, 2.75) is 17.7 Å². The number of esters is 1. The van der Waals surface area contributed by atoms with Gasteiger partial charge in [0.05, 0.1) is 22.9 Å². The highest BCUT2D eigenvalue weighted by Gasteiger charge is 2.24. The molecule has 0 fully saturated rings. The van der Waals surface area contributed by atoms with Gasteiger partial charge in [-0.15, -0.1) is 0 Å². The molecule has 9 heteroatoms. The molecule has 3 aromatic rings. The van der Waals surface area contributed by atoms with Gasteiger partial charge in [-0.25, -0.2) is 9.78 Å². The summed E-state index contributed by atoms with van der Waals surface area (Å²) in [6.45, 7) is 1.94. The fourth-order valence-electron chi connectivity index (χ4n) is 2.38. The Kier molecular flexibility index (Phi) is 5.82. The molecule has 0 radical (unpaired) electrons. The molecule has 27 heavy (non-hydrogen) atoms. The van der Waals surface area contributed by atoms with Crippen LogP contribution in [-0.4, -0.2) is 32.7 Å². The Labute approximate surface area is 159 Å². The van der Waals surface area contributed by atoms with Gasteiger partial charge in [0.15, 0.2) is 0 Å². The van der Waals surface area contributed by atoms with Crippen molar-refractivity contribution in [3.05, 3.63) is 69.9 Å². The molecule has 2 heterocycles. The Morgan fingerprint density at radius 2 is 2.04 bits per heavy atom. The Morgan fingerprint density at radius 3 is 2.67 bits per heavy atom. The number of thioether (sulfide) groups is 1. The molecule has 0 spiro atoms. The lowest BCUT2D eigenvalue weighted by molar-refractivity contribution is -0.385. The molecule has 0 atom stereocenters. The van der Waals surface area contributed by atoms with Crippen LogP contribution < -0.4 is 0 Å². The molecule has 0 bridgehead atoms. The minimum atomic E-state index is -0.531. The van der Waals surface area contributed by atoms with Crippen molar-refractivity contribution < 1.29 is 14.5 Å². The van der Waals surface area contributed by atoms with Gasteiger partial charge in [-0.2, -0.15) is 5.10 Å². The second-order valence-corrected chi connectivity index (χ2v) is 6.40. The topological polar surface area (TPSA) is 111 Å². The number of nitrogens with one attached hydrogen (secondary N) is 1. The molecule has 0 amide bonds. The SMILES string of the molecule is CCOC(=O)c1c(SCc2ccccc2)n[nH]c1-c1ccc([N+](=O)[O-])cn1. The zero-order valence-electron chi connectivity index (χ0n) is 14.4. The van der Waals surface area contributed by atoms with Crippen LogP contribution in [0.15, 0.2) is 53.7 Å². The lowest BCUT2D eigenvalue weighted by atomic mass is 10.2. The van der Waals surface area contributed by atoms with Crippen molar-refractivity contribution in [3.63, 3.8) is 0 Å². The van der Waals surface area contributed by atoms with E-state index in [1.165, 1.54) is 23.9 Å². The first-order valence-electron chi connectivity index (χ1n) is 8.13. The van der Waals surface area contributed by atoms with Crippen molar-refractivity contribution >= 4 is 23.4 Å². The van der Waals surface area contributed by atoms with Gasteiger partial charge in [-0.1, -0.05) is 42.1 Å².